The zero-order chi connectivity index (χ0) is 58.6. The first-order valence-corrected chi connectivity index (χ1v) is 29.5. The van der Waals surface area contributed by atoms with Crippen molar-refractivity contribution >= 4 is 0 Å². The summed E-state index contributed by atoms with van der Waals surface area (Å²) in [5.74, 6) is -21.9. The lowest BCUT2D eigenvalue weighted by Gasteiger charge is -2.39. The van der Waals surface area contributed by atoms with E-state index in [1.165, 1.54) is 0 Å². The van der Waals surface area contributed by atoms with Crippen LogP contribution < -0.4 is 0 Å². The highest BCUT2D eigenvalue weighted by Gasteiger charge is 2.55. The molecule has 0 aliphatic heterocycles. The van der Waals surface area contributed by atoms with E-state index in [2.05, 4.69) is 0 Å². The molecule has 0 spiro atoms. The minimum atomic E-state index is -3.74. The van der Waals surface area contributed by atoms with Gasteiger partial charge in [-0.05, 0) is 155 Å². The molecule has 0 unspecified atom stereocenters. The summed E-state index contributed by atoms with van der Waals surface area (Å²) in [4.78, 5) is 0. The molecule has 0 heterocycles. The average molecular weight is 1150 g/mol. The van der Waals surface area contributed by atoms with Gasteiger partial charge in [0.1, 0.15) is 0 Å². The summed E-state index contributed by atoms with van der Waals surface area (Å²) in [6.45, 7) is 0. The summed E-state index contributed by atoms with van der Waals surface area (Å²) in [6.07, 6.45) is -1.48. The van der Waals surface area contributed by atoms with E-state index >= 15 is 52.7 Å². The molecule has 0 N–H and O–H groups in total. The van der Waals surface area contributed by atoms with Crippen LogP contribution in [-0.2, 0) is 74.1 Å². The SMILES string of the molecule is FC1(F)CCCc2ccccc2-c2c3c(c4c(c21)-c1ccccc1CCCC4(F)F)C(F)(F)CCCc1ccccc1-3.FC1(F)CCCc2ccccc2-c2c3c(c4c(c21)-c1ccccc1CCCC4(F)F)C(F)(F)CCCc1ccccc1-3. The lowest BCUT2D eigenvalue weighted by atomic mass is 9.69. The minimum Gasteiger partial charge on any atom is -0.201 e. The van der Waals surface area contributed by atoms with Crippen LogP contribution in [0.3, 0.4) is 0 Å². The van der Waals surface area contributed by atoms with Crippen LogP contribution in [0.2, 0.25) is 0 Å². The van der Waals surface area contributed by atoms with Crippen molar-refractivity contribution in [3.63, 3.8) is 0 Å². The summed E-state index contributed by atoms with van der Waals surface area (Å²) >= 11 is 0. The first kappa shape index (κ1) is 56.1. The molecule has 0 amide bonds. The summed E-state index contributed by atoms with van der Waals surface area (Å²) in [5.41, 5.74) is 0.445. The Morgan fingerprint density at radius 2 is 0.345 bits per heavy atom. The van der Waals surface area contributed by atoms with Crippen LogP contribution in [0.1, 0.15) is 144 Å². The topological polar surface area (TPSA) is 0 Å². The zero-order valence-electron chi connectivity index (χ0n) is 46.1. The van der Waals surface area contributed by atoms with Gasteiger partial charge in [0, 0.05) is 94.2 Å². The average Bonchev–Trinajstić information content (AvgIpc) is 0.738. The highest BCUT2D eigenvalue weighted by Crippen LogP contribution is 2.64. The van der Waals surface area contributed by atoms with Gasteiger partial charge in [0.25, 0.3) is 35.5 Å². The smallest absolute Gasteiger partial charge is 0.201 e. The number of aryl methyl sites for hydroxylation is 6. The predicted octanol–water partition coefficient (Wildman–Crippen LogP) is 21.9. The van der Waals surface area contributed by atoms with Gasteiger partial charge in [0.2, 0.25) is 0 Å². The Hall–Kier alpha value is -7.08. The van der Waals surface area contributed by atoms with Crippen molar-refractivity contribution in [2.45, 2.75) is 151 Å². The van der Waals surface area contributed by atoms with Crippen LogP contribution in [-0.4, -0.2) is 0 Å². The fraction of sp³-hybridized carbons (Fsp3) is 0.333. The quantitative estimate of drug-likeness (QED) is 0.133. The number of fused-ring (bicyclic) bond motifs is 24. The Bertz CT molecular complexity index is 3650. The molecule has 0 atom stereocenters. The Balaban J connectivity index is 0.000000157. The lowest BCUT2D eigenvalue weighted by Crippen LogP contribution is -2.31. The Morgan fingerprint density at radius 3 is 0.560 bits per heavy atom. The van der Waals surface area contributed by atoms with Gasteiger partial charge in [-0.2, -0.15) is 0 Å². The molecular formula is C72H60F12. The van der Waals surface area contributed by atoms with E-state index in [-0.39, 0.29) is 84.7 Å². The van der Waals surface area contributed by atoms with Crippen molar-refractivity contribution in [2.75, 3.05) is 0 Å². The van der Waals surface area contributed by atoms with Gasteiger partial charge in [-0.3, -0.25) is 0 Å². The minimum absolute atomic E-state index is 0.0238. The van der Waals surface area contributed by atoms with E-state index < -0.39 is 119 Å². The van der Waals surface area contributed by atoms with Gasteiger partial charge in [-0.15, -0.1) is 0 Å². The third-order valence-corrected chi connectivity index (χ3v) is 18.5. The molecule has 84 heavy (non-hydrogen) atoms. The molecule has 0 nitrogen and oxygen atoms in total. The Kier molecular flexibility index (Phi) is 13.9. The van der Waals surface area contributed by atoms with Gasteiger partial charge in [0.05, 0.1) is 0 Å². The number of hydrogen-bond acceptors (Lipinski definition) is 0. The highest BCUT2D eigenvalue weighted by atomic mass is 19.3. The number of halogens is 12. The maximum atomic E-state index is 16.8. The molecule has 12 heteroatoms. The standard InChI is InChI=1S/2C36H30F6/c2*37-34(38)19-7-13-22-10-1-4-16-25(22)28-29-26-17-5-2-11-23(26)14-8-20-35(39,40)32(29)33-30(31(28)34)27-18-6-3-12-24(27)15-9-21-36(33,41)42/h2*1-6,10-12,16-18H,7-9,13-15,19-21H2. The van der Waals surface area contributed by atoms with Crippen molar-refractivity contribution in [1.82, 2.24) is 0 Å². The predicted molar refractivity (Wildman–Crippen MR) is 306 cm³/mol. The monoisotopic (exact) mass is 1150 g/mol. The molecule has 0 fully saturated rings. The fourth-order valence-corrected chi connectivity index (χ4v) is 15.0. The second-order valence-electron chi connectivity index (χ2n) is 23.8. The van der Waals surface area contributed by atoms with Crippen LogP contribution in [0.25, 0.3) is 66.8 Å². The highest BCUT2D eigenvalue weighted by molar-refractivity contribution is 6.00. The molecule has 0 saturated carbocycles. The molecular weight excluding hydrogens is 1090 g/mol. The molecule has 8 aromatic carbocycles. The van der Waals surface area contributed by atoms with Crippen molar-refractivity contribution in [1.29, 1.82) is 0 Å². The van der Waals surface area contributed by atoms with Gasteiger partial charge in [-0.1, -0.05) is 146 Å². The Morgan fingerprint density at radius 1 is 0.190 bits per heavy atom. The van der Waals surface area contributed by atoms with E-state index in [1.807, 2.05) is 24.3 Å². The van der Waals surface area contributed by atoms with Crippen LogP contribution >= 0.6 is 0 Å². The Labute approximate surface area is 481 Å². The fourth-order valence-electron chi connectivity index (χ4n) is 15.0. The van der Waals surface area contributed by atoms with Gasteiger partial charge < -0.3 is 0 Å². The van der Waals surface area contributed by atoms with Gasteiger partial charge in [-0.25, -0.2) is 52.7 Å². The third kappa shape index (κ3) is 9.38. The molecule has 0 saturated heterocycles. The van der Waals surface area contributed by atoms with Crippen LogP contribution in [0.4, 0.5) is 52.7 Å². The van der Waals surface area contributed by atoms with E-state index in [9.17, 15) is 0 Å². The molecule has 8 aromatic rings. The second-order valence-corrected chi connectivity index (χ2v) is 23.8. The number of benzene rings is 8. The summed E-state index contributed by atoms with van der Waals surface area (Å²) in [6, 6.07) is 41.2. The maximum absolute atomic E-state index is 16.8. The third-order valence-electron chi connectivity index (χ3n) is 18.5. The second kappa shape index (κ2) is 20.9. The van der Waals surface area contributed by atoms with E-state index in [1.54, 1.807) is 121 Å². The van der Waals surface area contributed by atoms with Gasteiger partial charge >= 0.3 is 0 Å². The molecule has 14 rings (SSSR count). The maximum Gasteiger partial charge on any atom is 0.274 e. The van der Waals surface area contributed by atoms with Crippen LogP contribution in [0, 0.1) is 0 Å². The number of alkyl halides is 12. The molecule has 6 aliphatic carbocycles. The first-order chi connectivity index (χ1) is 40.2. The lowest BCUT2D eigenvalue weighted by molar-refractivity contribution is -0.0427. The van der Waals surface area contributed by atoms with E-state index in [0.29, 0.717) is 70.2 Å². The van der Waals surface area contributed by atoms with Crippen LogP contribution in [0.15, 0.2) is 146 Å². The van der Waals surface area contributed by atoms with E-state index in [4.69, 9.17) is 0 Å². The summed E-state index contributed by atoms with van der Waals surface area (Å²) in [7, 11) is 0. The molecule has 0 bridgehead atoms. The summed E-state index contributed by atoms with van der Waals surface area (Å²) < 4.78 is 200. The van der Waals surface area contributed by atoms with Crippen molar-refractivity contribution < 1.29 is 52.7 Å². The van der Waals surface area contributed by atoms with Crippen molar-refractivity contribution in [3.8, 4) is 66.8 Å². The number of hydrogen-bond donors (Lipinski definition) is 0. The van der Waals surface area contributed by atoms with Crippen molar-refractivity contribution in [3.05, 3.63) is 212 Å². The zero-order valence-corrected chi connectivity index (χ0v) is 46.1. The first-order valence-electron chi connectivity index (χ1n) is 29.5. The van der Waals surface area contributed by atoms with Crippen LogP contribution in [0.5, 0.6) is 0 Å². The largest absolute Gasteiger partial charge is 0.274 e. The molecule has 432 valence electrons. The molecule has 6 aliphatic rings. The summed E-state index contributed by atoms with van der Waals surface area (Å²) in [5, 5.41) is 0. The van der Waals surface area contributed by atoms with Gasteiger partial charge in [0.15, 0.2) is 0 Å². The van der Waals surface area contributed by atoms with E-state index in [0.717, 1.165) is 11.1 Å². The number of rotatable bonds is 0. The normalized spacial score (nSPS) is 19.9. The van der Waals surface area contributed by atoms with Crippen molar-refractivity contribution in [2.24, 2.45) is 0 Å². The molecule has 0 radical (unpaired) electrons. The molecule has 0 aromatic heterocycles.